The number of carbonyl (C=O) groups is 1. The number of carboxylic acid groups (broad SMARTS) is 1. The van der Waals surface area contributed by atoms with Gasteiger partial charge in [-0.2, -0.15) is 0 Å². The largest absolute Gasteiger partial charge is 0.481 e. The number of nitrogens with two attached hydrogens (primary N) is 1. The highest BCUT2D eigenvalue weighted by molar-refractivity contribution is 5.68. The van der Waals surface area contributed by atoms with Crippen LogP contribution in [0.15, 0.2) is 18.2 Å². The second-order valence-corrected chi connectivity index (χ2v) is 3.10. The molecule has 1 rings (SSSR count). The van der Waals surface area contributed by atoms with Gasteiger partial charge < -0.3 is 16.2 Å². The Morgan fingerprint density at radius 3 is 2.75 bits per heavy atom. The van der Waals surface area contributed by atoms with E-state index in [9.17, 15) is 14.9 Å². The second kappa shape index (κ2) is 4.96. The van der Waals surface area contributed by atoms with Gasteiger partial charge in [0.1, 0.15) is 5.69 Å². The number of nitrogens with one attached hydrogen (secondary N) is 1. The molecule has 7 nitrogen and oxygen atoms in total. The van der Waals surface area contributed by atoms with Crippen molar-refractivity contribution in [1.29, 1.82) is 0 Å². The number of nitro groups is 1. The van der Waals surface area contributed by atoms with Crippen LogP contribution in [0.5, 0.6) is 0 Å². The van der Waals surface area contributed by atoms with Crippen LogP contribution in [0.4, 0.5) is 17.1 Å². The lowest BCUT2D eigenvalue weighted by atomic mass is 10.2. The third kappa shape index (κ3) is 3.12. The van der Waals surface area contributed by atoms with E-state index >= 15 is 0 Å². The highest BCUT2D eigenvalue weighted by Gasteiger charge is 2.10. The standard InChI is InChI=1S/C9H11N3O4/c10-7-5-6(11-4-3-9(13)14)1-2-8(7)12(15)16/h1-2,5,11H,3-4,10H2,(H,13,14). The van der Waals surface area contributed by atoms with Gasteiger partial charge in [-0.05, 0) is 12.1 Å². The van der Waals surface area contributed by atoms with Gasteiger partial charge in [-0.3, -0.25) is 14.9 Å². The van der Waals surface area contributed by atoms with Gasteiger partial charge in [-0.15, -0.1) is 0 Å². The molecule has 0 aliphatic rings. The van der Waals surface area contributed by atoms with Gasteiger partial charge >= 0.3 is 5.97 Å². The normalized spacial score (nSPS) is 9.75. The summed E-state index contributed by atoms with van der Waals surface area (Å²) in [6.45, 7) is 0.243. The number of benzene rings is 1. The molecule has 7 heteroatoms. The molecule has 86 valence electrons. The molecule has 0 amide bonds. The lowest BCUT2D eigenvalue weighted by Crippen LogP contribution is -2.07. The minimum absolute atomic E-state index is 0.0309. The van der Waals surface area contributed by atoms with E-state index in [1.54, 1.807) is 0 Å². The van der Waals surface area contributed by atoms with Gasteiger partial charge in [0, 0.05) is 18.3 Å². The zero-order valence-corrected chi connectivity index (χ0v) is 8.34. The van der Waals surface area contributed by atoms with Crippen molar-refractivity contribution in [2.75, 3.05) is 17.6 Å². The first-order chi connectivity index (χ1) is 7.50. The number of hydrogen-bond donors (Lipinski definition) is 3. The summed E-state index contributed by atoms with van der Waals surface area (Å²) >= 11 is 0. The van der Waals surface area contributed by atoms with Crippen molar-refractivity contribution >= 4 is 23.0 Å². The molecule has 0 atom stereocenters. The summed E-state index contributed by atoms with van der Waals surface area (Å²) in [7, 11) is 0. The Balaban J connectivity index is 2.66. The Bertz CT molecular complexity index is 419. The number of aliphatic carboxylic acids is 1. The lowest BCUT2D eigenvalue weighted by Gasteiger charge is -2.05. The molecular formula is C9H11N3O4. The maximum Gasteiger partial charge on any atom is 0.305 e. The van der Waals surface area contributed by atoms with Crippen molar-refractivity contribution in [3.05, 3.63) is 28.3 Å². The molecule has 0 fully saturated rings. The molecule has 0 bridgehead atoms. The third-order valence-electron chi connectivity index (χ3n) is 1.89. The monoisotopic (exact) mass is 225 g/mol. The summed E-state index contributed by atoms with van der Waals surface area (Å²) in [5.74, 6) is -0.914. The predicted molar refractivity (Wildman–Crippen MR) is 58.3 cm³/mol. The fraction of sp³-hybridized carbons (Fsp3) is 0.222. The van der Waals surface area contributed by atoms with Crippen LogP contribution in [0, 0.1) is 10.1 Å². The highest BCUT2D eigenvalue weighted by Crippen LogP contribution is 2.24. The van der Waals surface area contributed by atoms with Crippen molar-refractivity contribution in [2.45, 2.75) is 6.42 Å². The van der Waals surface area contributed by atoms with Crippen LogP contribution < -0.4 is 11.1 Å². The zero-order chi connectivity index (χ0) is 12.1. The third-order valence-corrected chi connectivity index (χ3v) is 1.89. The van der Waals surface area contributed by atoms with E-state index < -0.39 is 10.9 Å². The molecule has 0 saturated heterocycles. The molecule has 1 aromatic carbocycles. The average molecular weight is 225 g/mol. The van der Waals surface area contributed by atoms with E-state index in [0.29, 0.717) is 5.69 Å². The molecule has 16 heavy (non-hydrogen) atoms. The van der Waals surface area contributed by atoms with Gasteiger partial charge in [0.2, 0.25) is 0 Å². The molecule has 0 unspecified atom stereocenters. The van der Waals surface area contributed by atoms with Crippen molar-refractivity contribution in [3.8, 4) is 0 Å². The first-order valence-corrected chi connectivity index (χ1v) is 4.50. The van der Waals surface area contributed by atoms with Gasteiger partial charge in [-0.25, -0.2) is 0 Å². The fourth-order valence-corrected chi connectivity index (χ4v) is 1.14. The molecule has 0 aromatic heterocycles. The fourth-order valence-electron chi connectivity index (χ4n) is 1.14. The Morgan fingerprint density at radius 2 is 2.25 bits per heavy atom. The molecular weight excluding hydrogens is 214 g/mol. The number of rotatable bonds is 5. The molecule has 4 N–H and O–H groups in total. The summed E-state index contributed by atoms with van der Waals surface area (Å²) in [6.07, 6.45) is -0.0309. The van der Waals surface area contributed by atoms with Crippen LogP contribution in [-0.2, 0) is 4.79 Å². The van der Waals surface area contributed by atoms with Crippen molar-refractivity contribution in [2.24, 2.45) is 0 Å². The zero-order valence-electron chi connectivity index (χ0n) is 8.34. The first kappa shape index (κ1) is 11.8. The van der Waals surface area contributed by atoms with E-state index in [2.05, 4.69) is 5.32 Å². The van der Waals surface area contributed by atoms with Gasteiger partial charge in [-0.1, -0.05) is 0 Å². The van der Waals surface area contributed by atoms with E-state index in [0.717, 1.165) is 0 Å². The smallest absolute Gasteiger partial charge is 0.305 e. The number of nitrogens with zero attached hydrogens (tertiary/aromatic N) is 1. The average Bonchev–Trinajstić information content (AvgIpc) is 2.16. The van der Waals surface area contributed by atoms with Gasteiger partial charge in [0.25, 0.3) is 5.69 Å². The van der Waals surface area contributed by atoms with Crippen LogP contribution in [0.25, 0.3) is 0 Å². The minimum atomic E-state index is -0.914. The molecule has 0 aliphatic heterocycles. The molecule has 0 saturated carbocycles. The minimum Gasteiger partial charge on any atom is -0.481 e. The Labute approximate surface area is 91.0 Å². The summed E-state index contributed by atoms with van der Waals surface area (Å²) in [6, 6.07) is 4.16. The van der Waals surface area contributed by atoms with E-state index in [-0.39, 0.29) is 24.3 Å². The Kier molecular flexibility index (Phi) is 3.65. The Morgan fingerprint density at radius 1 is 1.56 bits per heavy atom. The first-order valence-electron chi connectivity index (χ1n) is 4.50. The topological polar surface area (TPSA) is 118 Å². The number of nitrogen functional groups attached to an aromatic ring is 1. The van der Waals surface area contributed by atoms with Crippen LogP contribution >= 0.6 is 0 Å². The van der Waals surface area contributed by atoms with Crippen molar-refractivity contribution in [3.63, 3.8) is 0 Å². The second-order valence-electron chi connectivity index (χ2n) is 3.10. The van der Waals surface area contributed by atoms with E-state index in [4.69, 9.17) is 10.8 Å². The molecule has 0 radical (unpaired) electrons. The SMILES string of the molecule is Nc1cc(NCCC(=O)O)ccc1[N+](=O)[O-]. The quantitative estimate of drug-likeness (QED) is 0.391. The maximum absolute atomic E-state index is 10.5. The number of carboxylic acids is 1. The number of hydrogen-bond acceptors (Lipinski definition) is 5. The van der Waals surface area contributed by atoms with Crippen molar-refractivity contribution in [1.82, 2.24) is 0 Å². The molecule has 0 spiro atoms. The molecule has 0 heterocycles. The van der Waals surface area contributed by atoms with E-state index in [1.807, 2.05) is 0 Å². The molecule has 1 aromatic rings. The van der Waals surface area contributed by atoms with Crippen LogP contribution in [-0.4, -0.2) is 22.5 Å². The van der Waals surface area contributed by atoms with E-state index in [1.165, 1.54) is 18.2 Å². The summed E-state index contributed by atoms with van der Waals surface area (Å²) in [5.41, 5.74) is 5.90. The van der Waals surface area contributed by atoms with Gasteiger partial charge in [0.05, 0.1) is 11.3 Å². The van der Waals surface area contributed by atoms with Crippen LogP contribution in [0.2, 0.25) is 0 Å². The number of anilines is 2. The van der Waals surface area contributed by atoms with Crippen LogP contribution in [0.1, 0.15) is 6.42 Å². The van der Waals surface area contributed by atoms with Crippen molar-refractivity contribution < 1.29 is 14.8 Å². The summed E-state index contributed by atoms with van der Waals surface area (Å²) < 4.78 is 0. The predicted octanol–water partition coefficient (Wildman–Crippen LogP) is 1.06. The highest BCUT2D eigenvalue weighted by atomic mass is 16.6. The summed E-state index contributed by atoms with van der Waals surface area (Å²) in [4.78, 5) is 20.1. The Hall–Kier alpha value is -2.31. The van der Waals surface area contributed by atoms with Gasteiger partial charge in [0.15, 0.2) is 0 Å². The maximum atomic E-state index is 10.5. The number of nitro benzene ring substituents is 1. The van der Waals surface area contributed by atoms with Crippen LogP contribution in [0.3, 0.4) is 0 Å². The molecule has 0 aliphatic carbocycles. The lowest BCUT2D eigenvalue weighted by molar-refractivity contribution is -0.383. The summed E-state index contributed by atoms with van der Waals surface area (Å²) in [5, 5.41) is 21.7.